The number of aromatic nitrogens is 4. The summed E-state index contributed by atoms with van der Waals surface area (Å²) in [5.74, 6) is 0.539. The van der Waals surface area contributed by atoms with Gasteiger partial charge in [0.25, 0.3) is 0 Å². The van der Waals surface area contributed by atoms with Crippen LogP contribution in [-0.4, -0.2) is 32.3 Å². The third-order valence-corrected chi connectivity index (χ3v) is 5.12. The second-order valence-corrected chi connectivity index (χ2v) is 7.30. The Labute approximate surface area is 185 Å². The molecule has 0 saturated heterocycles. The summed E-state index contributed by atoms with van der Waals surface area (Å²) in [5, 5.41) is 8.82. The highest BCUT2D eigenvalue weighted by Crippen LogP contribution is 2.28. The van der Waals surface area contributed by atoms with Crippen molar-refractivity contribution in [2.24, 2.45) is 7.05 Å². The van der Waals surface area contributed by atoms with Gasteiger partial charge >= 0.3 is 5.97 Å². The molecule has 0 aliphatic rings. The van der Waals surface area contributed by atoms with Crippen LogP contribution in [0.5, 0.6) is 0 Å². The topological polar surface area (TPSA) is 81.9 Å². The number of carbonyl (C=O) groups excluding carboxylic acids is 1. The van der Waals surface area contributed by atoms with E-state index in [1.165, 1.54) is 12.1 Å². The van der Waals surface area contributed by atoms with Crippen molar-refractivity contribution in [3.63, 3.8) is 0 Å². The fourth-order valence-corrected chi connectivity index (χ4v) is 3.49. The zero-order valence-corrected chi connectivity index (χ0v) is 18.2. The number of carbonyl (C=O) groups is 1. The Bertz CT molecular complexity index is 1250. The minimum atomic E-state index is -0.365. The predicted octanol–water partition coefficient (Wildman–Crippen LogP) is 4.52. The van der Waals surface area contributed by atoms with Crippen LogP contribution in [0.25, 0.3) is 22.4 Å². The molecule has 8 heteroatoms. The van der Waals surface area contributed by atoms with Crippen molar-refractivity contribution in [3.05, 3.63) is 71.2 Å². The van der Waals surface area contributed by atoms with Gasteiger partial charge < -0.3 is 10.1 Å². The van der Waals surface area contributed by atoms with Gasteiger partial charge in [-0.05, 0) is 43.2 Å². The molecule has 2 aromatic carbocycles. The highest BCUT2D eigenvalue weighted by atomic mass is 19.1. The molecule has 0 aliphatic carbocycles. The van der Waals surface area contributed by atoms with E-state index < -0.39 is 0 Å². The van der Waals surface area contributed by atoms with Gasteiger partial charge in [-0.15, -0.1) is 0 Å². The van der Waals surface area contributed by atoms with Crippen LogP contribution in [0.3, 0.4) is 0 Å². The summed E-state index contributed by atoms with van der Waals surface area (Å²) in [6.45, 7) is 4.61. The molecule has 0 fully saturated rings. The lowest BCUT2D eigenvalue weighted by Crippen LogP contribution is -2.06. The Morgan fingerprint density at radius 2 is 1.78 bits per heavy atom. The Kier molecular flexibility index (Phi) is 6.11. The average Bonchev–Trinajstić information content (AvgIpc) is 3.14. The highest BCUT2D eigenvalue weighted by Gasteiger charge is 2.18. The van der Waals surface area contributed by atoms with Crippen molar-refractivity contribution in [2.75, 3.05) is 11.9 Å². The lowest BCUT2D eigenvalue weighted by molar-refractivity contribution is 0.0526. The van der Waals surface area contributed by atoms with Gasteiger partial charge in [-0.2, -0.15) is 5.10 Å². The second-order valence-electron chi connectivity index (χ2n) is 7.30. The SMILES string of the molecule is CCOC(=O)c1ccc(-c2nc(NCc3ccc(F)cc3)c3c(CC)nn(C)c3n2)cc1. The first-order valence-electron chi connectivity index (χ1n) is 10.5. The van der Waals surface area contributed by atoms with Gasteiger partial charge in [-0.3, -0.25) is 0 Å². The summed E-state index contributed by atoms with van der Waals surface area (Å²) in [6, 6.07) is 13.3. The summed E-state index contributed by atoms with van der Waals surface area (Å²) in [5.41, 5.74) is 3.78. The summed E-state index contributed by atoms with van der Waals surface area (Å²) in [4.78, 5) is 21.5. The van der Waals surface area contributed by atoms with Crippen LogP contribution in [0.2, 0.25) is 0 Å². The highest BCUT2D eigenvalue weighted by molar-refractivity contribution is 5.92. The minimum absolute atomic E-state index is 0.271. The van der Waals surface area contributed by atoms with Crippen molar-refractivity contribution in [3.8, 4) is 11.4 Å². The molecule has 0 bridgehead atoms. The molecule has 0 unspecified atom stereocenters. The molecule has 0 saturated carbocycles. The zero-order chi connectivity index (χ0) is 22.7. The first kappa shape index (κ1) is 21.4. The predicted molar refractivity (Wildman–Crippen MR) is 121 cm³/mol. The number of rotatable bonds is 7. The molecule has 0 atom stereocenters. The molecule has 4 aromatic rings. The fraction of sp³-hybridized carbons (Fsp3) is 0.250. The molecular formula is C24H24FN5O2. The molecule has 1 N–H and O–H groups in total. The quantitative estimate of drug-likeness (QED) is 0.432. The van der Waals surface area contributed by atoms with Crippen LogP contribution in [0.15, 0.2) is 48.5 Å². The van der Waals surface area contributed by atoms with E-state index in [0.29, 0.717) is 36.0 Å². The average molecular weight is 433 g/mol. The Morgan fingerprint density at radius 3 is 2.44 bits per heavy atom. The number of fused-ring (bicyclic) bond motifs is 1. The molecule has 2 aromatic heterocycles. The monoisotopic (exact) mass is 433 g/mol. The fourth-order valence-electron chi connectivity index (χ4n) is 3.49. The van der Waals surface area contributed by atoms with E-state index in [4.69, 9.17) is 14.7 Å². The Morgan fingerprint density at radius 1 is 1.06 bits per heavy atom. The third kappa shape index (κ3) is 4.30. The Hall–Kier alpha value is -3.81. The van der Waals surface area contributed by atoms with E-state index >= 15 is 0 Å². The van der Waals surface area contributed by atoms with Gasteiger partial charge in [0, 0.05) is 19.2 Å². The number of anilines is 1. The number of aryl methyl sites for hydroxylation is 2. The van der Waals surface area contributed by atoms with Crippen molar-refractivity contribution < 1.29 is 13.9 Å². The molecule has 0 aliphatic heterocycles. The van der Waals surface area contributed by atoms with Crippen LogP contribution >= 0.6 is 0 Å². The molecule has 4 rings (SSSR count). The summed E-state index contributed by atoms with van der Waals surface area (Å²) >= 11 is 0. The van der Waals surface area contributed by atoms with Crippen molar-refractivity contribution in [1.82, 2.24) is 19.7 Å². The molecule has 0 amide bonds. The van der Waals surface area contributed by atoms with E-state index in [0.717, 1.165) is 28.6 Å². The lowest BCUT2D eigenvalue weighted by Gasteiger charge is -2.11. The summed E-state index contributed by atoms with van der Waals surface area (Å²) < 4.78 is 20.0. The third-order valence-electron chi connectivity index (χ3n) is 5.12. The number of benzene rings is 2. The molecule has 164 valence electrons. The summed E-state index contributed by atoms with van der Waals surface area (Å²) in [6.07, 6.45) is 0.736. The van der Waals surface area contributed by atoms with Gasteiger partial charge in [0.15, 0.2) is 11.5 Å². The lowest BCUT2D eigenvalue weighted by atomic mass is 10.1. The number of hydrogen-bond donors (Lipinski definition) is 1. The van der Waals surface area contributed by atoms with E-state index in [1.807, 2.05) is 14.0 Å². The van der Waals surface area contributed by atoms with E-state index in [1.54, 1.807) is 48.0 Å². The standard InChI is InChI=1S/C24H24FN5O2/c1-4-19-20-22(26-14-15-6-12-18(25)13-7-15)27-21(28-23(20)30(3)29-19)16-8-10-17(11-9-16)24(31)32-5-2/h6-13H,4-5,14H2,1-3H3,(H,26,27,28). The van der Waals surface area contributed by atoms with Crippen LogP contribution in [0, 0.1) is 5.82 Å². The van der Waals surface area contributed by atoms with Crippen LogP contribution in [-0.2, 0) is 24.8 Å². The van der Waals surface area contributed by atoms with Crippen LogP contribution in [0.4, 0.5) is 10.2 Å². The smallest absolute Gasteiger partial charge is 0.338 e. The normalized spacial score (nSPS) is 11.0. The number of nitrogens with one attached hydrogen (secondary N) is 1. The van der Waals surface area contributed by atoms with Crippen molar-refractivity contribution >= 4 is 22.8 Å². The molecule has 0 radical (unpaired) electrons. The van der Waals surface area contributed by atoms with E-state index in [2.05, 4.69) is 10.4 Å². The maximum absolute atomic E-state index is 13.2. The molecule has 0 spiro atoms. The minimum Gasteiger partial charge on any atom is -0.462 e. The van der Waals surface area contributed by atoms with Crippen molar-refractivity contribution in [2.45, 2.75) is 26.8 Å². The number of halogens is 1. The largest absolute Gasteiger partial charge is 0.462 e. The van der Waals surface area contributed by atoms with Gasteiger partial charge in [0.2, 0.25) is 0 Å². The van der Waals surface area contributed by atoms with Crippen LogP contribution < -0.4 is 5.32 Å². The Balaban J connectivity index is 1.73. The second kappa shape index (κ2) is 9.13. The maximum Gasteiger partial charge on any atom is 0.338 e. The van der Waals surface area contributed by atoms with E-state index in [-0.39, 0.29) is 11.8 Å². The van der Waals surface area contributed by atoms with Gasteiger partial charge in [-0.1, -0.05) is 31.2 Å². The number of ether oxygens (including phenoxy) is 1. The summed E-state index contributed by atoms with van der Waals surface area (Å²) in [7, 11) is 1.85. The van der Waals surface area contributed by atoms with Crippen LogP contribution in [0.1, 0.15) is 35.5 Å². The number of hydrogen-bond acceptors (Lipinski definition) is 6. The van der Waals surface area contributed by atoms with Crippen molar-refractivity contribution in [1.29, 1.82) is 0 Å². The number of esters is 1. The van der Waals surface area contributed by atoms with Gasteiger partial charge in [0.1, 0.15) is 11.6 Å². The van der Waals surface area contributed by atoms with Gasteiger partial charge in [0.05, 0.1) is 23.3 Å². The molecular weight excluding hydrogens is 409 g/mol. The maximum atomic E-state index is 13.2. The first-order valence-corrected chi connectivity index (χ1v) is 10.5. The number of nitrogens with zero attached hydrogens (tertiary/aromatic N) is 4. The first-order chi connectivity index (χ1) is 15.5. The molecule has 32 heavy (non-hydrogen) atoms. The molecule has 2 heterocycles. The zero-order valence-electron chi connectivity index (χ0n) is 18.2. The van der Waals surface area contributed by atoms with Gasteiger partial charge in [-0.25, -0.2) is 23.8 Å². The van der Waals surface area contributed by atoms with E-state index in [9.17, 15) is 9.18 Å². The molecule has 7 nitrogen and oxygen atoms in total.